The highest BCUT2D eigenvalue weighted by atomic mass is 35.5. The average Bonchev–Trinajstić information content (AvgIpc) is 1.85. The predicted molar refractivity (Wildman–Crippen MR) is 43.3 cm³/mol. The standard InChI is InChI=1S/C8H9ClFN/c1-5(2)7-3-6(10)4-8(9)11-7/h3-5H,1-2H3. The van der Waals surface area contributed by atoms with Crippen LogP contribution in [0.15, 0.2) is 12.1 Å². The second-order valence-electron chi connectivity index (χ2n) is 2.69. The van der Waals surface area contributed by atoms with Crippen molar-refractivity contribution in [2.24, 2.45) is 0 Å². The molecule has 3 heteroatoms. The van der Waals surface area contributed by atoms with E-state index in [-0.39, 0.29) is 16.9 Å². The normalized spacial score (nSPS) is 10.6. The monoisotopic (exact) mass is 173 g/mol. The molecule has 1 heterocycles. The van der Waals surface area contributed by atoms with Crippen molar-refractivity contribution in [2.45, 2.75) is 19.8 Å². The van der Waals surface area contributed by atoms with Gasteiger partial charge in [0.2, 0.25) is 0 Å². The zero-order chi connectivity index (χ0) is 8.43. The first-order valence-electron chi connectivity index (χ1n) is 3.42. The van der Waals surface area contributed by atoms with Gasteiger partial charge in [0.05, 0.1) is 0 Å². The summed E-state index contributed by atoms with van der Waals surface area (Å²) < 4.78 is 12.7. The topological polar surface area (TPSA) is 12.9 Å². The van der Waals surface area contributed by atoms with Crippen molar-refractivity contribution in [1.29, 1.82) is 0 Å². The molecule has 0 unspecified atom stereocenters. The molecule has 1 aromatic heterocycles. The summed E-state index contributed by atoms with van der Waals surface area (Å²) in [4.78, 5) is 3.96. The van der Waals surface area contributed by atoms with Gasteiger partial charge in [0.1, 0.15) is 11.0 Å². The van der Waals surface area contributed by atoms with Gasteiger partial charge < -0.3 is 0 Å². The molecule has 0 spiro atoms. The summed E-state index contributed by atoms with van der Waals surface area (Å²) in [6.07, 6.45) is 0. The lowest BCUT2D eigenvalue weighted by Crippen LogP contribution is -1.93. The Balaban J connectivity index is 3.08. The van der Waals surface area contributed by atoms with Gasteiger partial charge in [-0.1, -0.05) is 25.4 Å². The fraction of sp³-hybridized carbons (Fsp3) is 0.375. The van der Waals surface area contributed by atoms with Crippen molar-refractivity contribution in [3.63, 3.8) is 0 Å². The molecule has 11 heavy (non-hydrogen) atoms. The molecular formula is C8H9ClFN. The zero-order valence-electron chi connectivity index (χ0n) is 6.44. The van der Waals surface area contributed by atoms with Crippen molar-refractivity contribution < 1.29 is 4.39 Å². The van der Waals surface area contributed by atoms with E-state index in [4.69, 9.17) is 11.6 Å². The van der Waals surface area contributed by atoms with Crippen LogP contribution in [0.2, 0.25) is 5.15 Å². The van der Waals surface area contributed by atoms with E-state index in [1.807, 2.05) is 13.8 Å². The van der Waals surface area contributed by atoms with Gasteiger partial charge in [-0.05, 0) is 12.0 Å². The lowest BCUT2D eigenvalue weighted by atomic mass is 10.1. The molecule has 0 fully saturated rings. The number of rotatable bonds is 1. The molecule has 0 amide bonds. The number of hydrogen-bond acceptors (Lipinski definition) is 1. The molecule has 0 radical (unpaired) electrons. The maximum atomic E-state index is 12.7. The molecule has 60 valence electrons. The Morgan fingerprint density at radius 1 is 1.45 bits per heavy atom. The van der Waals surface area contributed by atoms with Gasteiger partial charge in [-0.2, -0.15) is 0 Å². The predicted octanol–water partition coefficient (Wildman–Crippen LogP) is 3.00. The smallest absolute Gasteiger partial charge is 0.132 e. The van der Waals surface area contributed by atoms with E-state index in [1.165, 1.54) is 12.1 Å². The van der Waals surface area contributed by atoms with E-state index in [9.17, 15) is 4.39 Å². The molecule has 0 aliphatic rings. The molecule has 0 bridgehead atoms. The molecule has 1 nitrogen and oxygen atoms in total. The maximum absolute atomic E-state index is 12.7. The number of nitrogens with zero attached hydrogens (tertiary/aromatic N) is 1. The molecule has 0 aliphatic heterocycles. The van der Waals surface area contributed by atoms with Crippen LogP contribution in [0, 0.1) is 5.82 Å². The molecule has 0 aliphatic carbocycles. The first kappa shape index (κ1) is 8.47. The van der Waals surface area contributed by atoms with Crippen LogP contribution >= 0.6 is 11.6 Å². The van der Waals surface area contributed by atoms with Crippen LogP contribution in [-0.4, -0.2) is 4.98 Å². The minimum absolute atomic E-state index is 0.211. The summed E-state index contributed by atoms with van der Waals surface area (Å²) in [5, 5.41) is 0.216. The van der Waals surface area contributed by atoms with Crippen LogP contribution in [0.4, 0.5) is 4.39 Å². The zero-order valence-corrected chi connectivity index (χ0v) is 7.19. The highest BCUT2D eigenvalue weighted by Crippen LogP contribution is 2.16. The van der Waals surface area contributed by atoms with Crippen LogP contribution in [-0.2, 0) is 0 Å². The van der Waals surface area contributed by atoms with Crippen LogP contribution < -0.4 is 0 Å². The number of halogens is 2. The minimum Gasteiger partial charge on any atom is -0.241 e. The molecule has 0 saturated carbocycles. The summed E-state index contributed by atoms with van der Waals surface area (Å²) in [5.74, 6) is -0.114. The van der Waals surface area contributed by atoms with Gasteiger partial charge in [0.15, 0.2) is 0 Å². The molecule has 0 aromatic carbocycles. The second kappa shape index (κ2) is 3.18. The van der Waals surface area contributed by atoms with Crippen molar-refractivity contribution in [1.82, 2.24) is 4.98 Å². The third kappa shape index (κ3) is 2.15. The van der Waals surface area contributed by atoms with Crippen molar-refractivity contribution in [3.8, 4) is 0 Å². The van der Waals surface area contributed by atoms with Crippen LogP contribution in [0.1, 0.15) is 25.5 Å². The quantitative estimate of drug-likeness (QED) is 0.595. The highest BCUT2D eigenvalue weighted by Gasteiger charge is 2.03. The van der Waals surface area contributed by atoms with E-state index in [0.717, 1.165) is 0 Å². The van der Waals surface area contributed by atoms with Gasteiger partial charge >= 0.3 is 0 Å². The molecular weight excluding hydrogens is 165 g/mol. The molecule has 1 rings (SSSR count). The van der Waals surface area contributed by atoms with Gasteiger partial charge in [-0.15, -0.1) is 0 Å². The van der Waals surface area contributed by atoms with E-state index in [1.54, 1.807) is 0 Å². The fourth-order valence-corrected chi connectivity index (χ4v) is 0.982. The first-order valence-corrected chi connectivity index (χ1v) is 3.80. The number of hydrogen-bond donors (Lipinski definition) is 0. The van der Waals surface area contributed by atoms with Gasteiger partial charge in [0, 0.05) is 11.8 Å². The molecule has 1 aromatic rings. The summed E-state index contributed by atoms with van der Waals surface area (Å²) in [6.45, 7) is 3.89. The Hall–Kier alpha value is -0.630. The SMILES string of the molecule is CC(C)c1cc(F)cc(Cl)n1. The van der Waals surface area contributed by atoms with E-state index < -0.39 is 0 Å². The Bertz CT molecular complexity index is 240. The minimum atomic E-state index is -0.325. The van der Waals surface area contributed by atoms with E-state index in [0.29, 0.717) is 5.69 Å². The maximum Gasteiger partial charge on any atom is 0.132 e. The summed E-state index contributed by atoms with van der Waals surface area (Å²) in [6, 6.07) is 2.60. The fourth-order valence-electron chi connectivity index (χ4n) is 0.780. The lowest BCUT2D eigenvalue weighted by Gasteiger charge is -2.03. The van der Waals surface area contributed by atoms with Gasteiger partial charge in [-0.3, -0.25) is 0 Å². The Morgan fingerprint density at radius 2 is 2.09 bits per heavy atom. The van der Waals surface area contributed by atoms with Gasteiger partial charge in [0.25, 0.3) is 0 Å². The average molecular weight is 174 g/mol. The Morgan fingerprint density at radius 3 is 2.55 bits per heavy atom. The van der Waals surface area contributed by atoms with Crippen molar-refractivity contribution in [2.75, 3.05) is 0 Å². The van der Waals surface area contributed by atoms with E-state index >= 15 is 0 Å². The van der Waals surface area contributed by atoms with Crippen molar-refractivity contribution >= 4 is 11.6 Å². The molecule has 0 N–H and O–H groups in total. The van der Waals surface area contributed by atoms with E-state index in [2.05, 4.69) is 4.98 Å². The Kier molecular flexibility index (Phi) is 2.45. The largest absolute Gasteiger partial charge is 0.241 e. The Labute approximate surface area is 70.2 Å². The highest BCUT2D eigenvalue weighted by molar-refractivity contribution is 6.29. The molecule has 0 saturated heterocycles. The molecule has 0 atom stereocenters. The number of aromatic nitrogens is 1. The van der Waals surface area contributed by atoms with Crippen molar-refractivity contribution in [3.05, 3.63) is 28.8 Å². The first-order chi connectivity index (χ1) is 5.09. The third-order valence-corrected chi connectivity index (χ3v) is 1.56. The lowest BCUT2D eigenvalue weighted by molar-refractivity contribution is 0.618. The number of pyridine rings is 1. The second-order valence-corrected chi connectivity index (χ2v) is 3.07. The third-order valence-electron chi connectivity index (χ3n) is 1.37. The van der Waals surface area contributed by atoms with Crippen LogP contribution in [0.3, 0.4) is 0 Å². The summed E-state index contributed by atoms with van der Waals surface area (Å²) >= 11 is 5.54. The van der Waals surface area contributed by atoms with Crippen LogP contribution in [0.5, 0.6) is 0 Å². The van der Waals surface area contributed by atoms with Gasteiger partial charge in [-0.25, -0.2) is 9.37 Å². The summed E-state index contributed by atoms with van der Waals surface area (Å²) in [7, 11) is 0. The summed E-state index contributed by atoms with van der Waals surface area (Å²) in [5.41, 5.74) is 0.690. The van der Waals surface area contributed by atoms with Crippen LogP contribution in [0.25, 0.3) is 0 Å².